The van der Waals surface area contributed by atoms with Crippen LogP contribution in [0.25, 0.3) is 0 Å². The molecule has 7 rings (SSSR count). The molecule has 6 aromatic carbocycles. The Bertz CT molecular complexity index is 1580. The molecule has 4 nitrogen and oxygen atoms in total. The van der Waals surface area contributed by atoms with Crippen LogP contribution < -0.4 is 19.2 Å². The van der Waals surface area contributed by atoms with Gasteiger partial charge in [-0.3, -0.25) is 0 Å². The summed E-state index contributed by atoms with van der Waals surface area (Å²) in [6, 6.07) is 64.5. The fourth-order valence-corrected chi connectivity index (χ4v) is 7.21. The maximum atomic E-state index is 2.53. The van der Waals surface area contributed by atoms with Crippen molar-refractivity contribution in [1.29, 1.82) is 0 Å². The van der Waals surface area contributed by atoms with Gasteiger partial charge in [0.2, 0.25) is 0 Å². The third kappa shape index (κ3) is 5.38. The molecule has 1 saturated heterocycles. The van der Waals surface area contributed by atoms with E-state index in [0.717, 1.165) is 38.3 Å². The third-order valence-electron chi connectivity index (χ3n) is 7.90. The van der Waals surface area contributed by atoms with Crippen molar-refractivity contribution >= 4 is 52.0 Å². The fraction of sp³-hybridized carbons (Fsp3) is 0. The van der Waals surface area contributed by atoms with Crippen molar-refractivity contribution < 1.29 is 19.4 Å². The van der Waals surface area contributed by atoms with Gasteiger partial charge < -0.3 is 0 Å². The minimum absolute atomic E-state index is 0.185. The summed E-state index contributed by atoms with van der Waals surface area (Å²) in [6.45, 7) is -0.370. The van der Waals surface area contributed by atoms with Crippen molar-refractivity contribution in [2.45, 2.75) is 0 Å². The second kappa shape index (κ2) is 12.8. The minimum atomic E-state index is -0.185. The Hall–Kier alpha value is -4.79. The number of hydrogen-bond donors (Lipinski definition) is 0. The van der Waals surface area contributed by atoms with Crippen molar-refractivity contribution in [3.63, 3.8) is 0 Å². The fourth-order valence-electron chi connectivity index (χ4n) is 6.03. The zero-order valence-corrected chi connectivity index (χ0v) is 26.4. The molecule has 6 aromatic rings. The van der Waals surface area contributed by atoms with Crippen LogP contribution in [-0.4, -0.2) is 17.9 Å². The summed E-state index contributed by atoms with van der Waals surface area (Å²) in [6.07, 6.45) is 0. The van der Waals surface area contributed by atoms with E-state index >= 15 is 0 Å². The number of anilines is 6. The van der Waals surface area contributed by atoms with Crippen molar-refractivity contribution in [3.05, 3.63) is 182 Å². The molecule has 1 heterocycles. The van der Waals surface area contributed by atoms with Crippen molar-refractivity contribution in [1.82, 2.24) is 0 Å². The van der Waals surface area contributed by atoms with Crippen LogP contribution in [-0.2, 0) is 19.4 Å². The van der Waals surface area contributed by atoms with Crippen LogP contribution >= 0.6 is 0 Å². The summed E-state index contributed by atoms with van der Waals surface area (Å²) in [5, 5.41) is 0. The van der Waals surface area contributed by atoms with E-state index in [2.05, 4.69) is 221 Å². The van der Waals surface area contributed by atoms with Crippen LogP contribution in [0.15, 0.2) is 182 Å². The second-order valence-electron chi connectivity index (χ2n) is 10.6. The van der Waals surface area contributed by atoms with Gasteiger partial charge in [0.1, 0.15) is 0 Å². The summed E-state index contributed by atoms with van der Waals surface area (Å²) in [5.74, 6) is 0. The van der Waals surface area contributed by atoms with Crippen LogP contribution in [0.5, 0.6) is 0 Å². The van der Waals surface area contributed by atoms with Gasteiger partial charge in [-0.25, -0.2) is 0 Å². The molecule has 0 atom stereocenters. The Kier molecular flexibility index (Phi) is 8.17. The molecule has 0 aliphatic carbocycles. The molecule has 0 aromatic heterocycles. The molecule has 0 bridgehead atoms. The average molecular weight is 747 g/mol. The van der Waals surface area contributed by atoms with Gasteiger partial charge in [0, 0.05) is 0 Å². The summed E-state index contributed by atoms with van der Waals surface area (Å²) < 4.78 is 1.12. The molecular weight excluding hydrogens is 717 g/mol. The summed E-state index contributed by atoms with van der Waals surface area (Å²) >= 11 is 2.53. The summed E-state index contributed by atoms with van der Waals surface area (Å²) in [7, 11) is 0. The zero-order valence-electron chi connectivity index (χ0n) is 24.1. The molecule has 7 heteroatoms. The van der Waals surface area contributed by atoms with E-state index in [1.165, 1.54) is 0 Å². The predicted molar refractivity (Wildman–Crippen MR) is 184 cm³/mol. The first kappa shape index (κ1) is 28.0. The van der Waals surface area contributed by atoms with Gasteiger partial charge in [-0.05, 0) is 0 Å². The van der Waals surface area contributed by atoms with Gasteiger partial charge in [0.15, 0.2) is 0 Å². The van der Waals surface area contributed by atoms with Crippen LogP contribution in [0.3, 0.4) is 0 Å². The van der Waals surface area contributed by atoms with Crippen LogP contribution in [0, 0.1) is 0 Å². The van der Waals surface area contributed by atoms with E-state index in [4.69, 9.17) is 0 Å². The Morgan fingerprint density at radius 1 is 0.341 bits per heavy atom. The van der Waals surface area contributed by atoms with E-state index in [1.807, 2.05) is 0 Å². The maximum absolute atomic E-state index is 2.53. The Labute approximate surface area is 271 Å². The molecule has 214 valence electrons. The van der Waals surface area contributed by atoms with E-state index in [9.17, 15) is 0 Å². The van der Waals surface area contributed by atoms with Gasteiger partial charge in [-0.2, -0.15) is 0 Å². The average Bonchev–Trinajstić information content (AvgIpc) is 3.39. The number of benzene rings is 6. The first-order chi connectivity index (χ1) is 21.8. The number of rotatable bonds is 8. The van der Waals surface area contributed by atoms with Gasteiger partial charge in [-0.15, -0.1) is 0 Å². The Balaban J connectivity index is 1.55. The SMILES string of the molecule is [Pt]=[C]1N(c2ccccc2)B(N(c2ccccc2)c2ccccc2)B(N(c2ccccc2)c2ccccc2)N1c1ccccc1. The van der Waals surface area contributed by atoms with E-state index in [-0.39, 0.29) is 13.7 Å². The molecule has 0 amide bonds. The molecule has 1 aliphatic rings. The Morgan fingerprint density at radius 2 is 0.568 bits per heavy atom. The summed E-state index contributed by atoms with van der Waals surface area (Å²) in [4.78, 5) is 9.94. The molecule has 0 radical (unpaired) electrons. The van der Waals surface area contributed by atoms with Gasteiger partial charge in [0.25, 0.3) is 0 Å². The predicted octanol–water partition coefficient (Wildman–Crippen LogP) is 8.38. The number of para-hydroxylation sites is 6. The number of hydrogen-bond acceptors (Lipinski definition) is 4. The topological polar surface area (TPSA) is 13.0 Å². The summed E-state index contributed by atoms with van der Waals surface area (Å²) in [5.41, 5.74) is 6.74. The zero-order chi connectivity index (χ0) is 29.7. The molecule has 1 aliphatic heterocycles. The van der Waals surface area contributed by atoms with Gasteiger partial charge >= 0.3 is 273 Å². The molecular formula is C37H30B2N4Pt. The number of nitrogens with zero attached hydrogens (tertiary/aromatic N) is 4. The molecule has 0 saturated carbocycles. The van der Waals surface area contributed by atoms with E-state index in [0.29, 0.717) is 0 Å². The third-order valence-corrected chi connectivity index (χ3v) is 8.99. The van der Waals surface area contributed by atoms with Crippen LogP contribution in [0.1, 0.15) is 0 Å². The van der Waals surface area contributed by atoms with Crippen LogP contribution in [0.4, 0.5) is 34.1 Å². The van der Waals surface area contributed by atoms with E-state index in [1.54, 1.807) is 0 Å². The van der Waals surface area contributed by atoms with E-state index < -0.39 is 0 Å². The van der Waals surface area contributed by atoms with Crippen molar-refractivity contribution in [3.8, 4) is 0 Å². The molecule has 1 fully saturated rings. The first-order valence-electron chi connectivity index (χ1n) is 14.8. The van der Waals surface area contributed by atoms with Crippen molar-refractivity contribution in [2.24, 2.45) is 0 Å². The standard InChI is InChI=1S/C37H30B2N4.Pt/c1-7-19-32(20-8-1)40-31-41(33-21-9-2-10-22-33)39(43(36-27-15-5-16-28-36)37-29-17-6-18-30-37)38(40)42(34-23-11-3-12-24-34)35-25-13-4-14-26-35;/h1-30H;. The molecule has 0 N–H and O–H groups in total. The molecule has 0 spiro atoms. The normalized spacial score (nSPS) is 12.9. The molecule has 44 heavy (non-hydrogen) atoms. The van der Waals surface area contributed by atoms with Gasteiger partial charge in [0.05, 0.1) is 0 Å². The van der Waals surface area contributed by atoms with Crippen LogP contribution in [0.2, 0.25) is 0 Å². The van der Waals surface area contributed by atoms with Crippen molar-refractivity contribution in [2.75, 3.05) is 19.2 Å². The molecule has 0 unspecified atom stereocenters. The Morgan fingerprint density at radius 3 is 0.818 bits per heavy atom. The monoisotopic (exact) mass is 747 g/mol. The van der Waals surface area contributed by atoms with Gasteiger partial charge in [-0.1, -0.05) is 0 Å². The quantitative estimate of drug-likeness (QED) is 0.145. The first-order valence-corrected chi connectivity index (χ1v) is 15.9. The second-order valence-corrected chi connectivity index (χ2v) is 11.6.